The molecule has 1 atom stereocenters. The van der Waals surface area contributed by atoms with Crippen molar-refractivity contribution in [2.45, 2.75) is 30.6 Å². The average molecular weight is 515 g/mol. The maximum absolute atomic E-state index is 13.1. The lowest BCUT2D eigenvalue weighted by Crippen LogP contribution is -2.30. The number of hydrogen-bond acceptors (Lipinski definition) is 8. The smallest absolute Gasteiger partial charge is 0.280 e. The maximum atomic E-state index is 13.1. The highest BCUT2D eigenvalue weighted by molar-refractivity contribution is 8.01. The number of hydrogen-bond donors (Lipinski definition) is 2. The summed E-state index contributed by atoms with van der Waals surface area (Å²) in [6.45, 7) is 0.493. The van der Waals surface area contributed by atoms with Crippen molar-refractivity contribution in [2.75, 3.05) is 18.4 Å². The van der Waals surface area contributed by atoms with E-state index in [0.29, 0.717) is 28.3 Å². The molecule has 1 fully saturated rings. The van der Waals surface area contributed by atoms with Crippen LogP contribution in [0.15, 0.2) is 49.1 Å². The van der Waals surface area contributed by atoms with Crippen molar-refractivity contribution in [1.29, 1.82) is 0 Å². The van der Waals surface area contributed by atoms with Crippen molar-refractivity contribution in [3.05, 3.63) is 64.8 Å². The number of amides is 1. The van der Waals surface area contributed by atoms with Crippen molar-refractivity contribution >= 4 is 52.0 Å². The number of halogens is 1. The van der Waals surface area contributed by atoms with Crippen LogP contribution in [0.4, 0.5) is 5.69 Å². The summed E-state index contributed by atoms with van der Waals surface area (Å²) in [6.07, 6.45) is 10.1. The Morgan fingerprint density at radius 1 is 1.32 bits per heavy atom. The monoisotopic (exact) mass is 514 g/mol. The normalized spacial score (nSPS) is 14.3. The quantitative estimate of drug-likeness (QED) is 0.280. The molecule has 0 spiro atoms. The minimum atomic E-state index is -0.303. The van der Waals surface area contributed by atoms with Crippen LogP contribution in [0, 0.1) is 0 Å². The van der Waals surface area contributed by atoms with E-state index in [1.165, 1.54) is 24.2 Å². The third kappa shape index (κ3) is 5.35. The Kier molecular flexibility index (Phi) is 7.00. The van der Waals surface area contributed by atoms with Crippen molar-refractivity contribution in [3.63, 3.8) is 0 Å². The Hall–Kier alpha value is -2.66. The Labute approximate surface area is 210 Å². The molecule has 4 aromatic rings. The molecule has 2 N–H and O–H groups in total. The highest BCUT2D eigenvalue weighted by Gasteiger charge is 2.23. The molecule has 0 aromatic carbocycles. The predicted molar refractivity (Wildman–Crippen MR) is 136 cm³/mol. The second-order valence-electron chi connectivity index (χ2n) is 7.96. The Morgan fingerprint density at radius 3 is 3.03 bits per heavy atom. The molecule has 0 saturated heterocycles. The molecular weight excluding hydrogens is 492 g/mol. The zero-order chi connectivity index (χ0) is 23.5. The molecule has 176 valence electrons. The molecule has 11 heteroatoms. The van der Waals surface area contributed by atoms with E-state index in [2.05, 4.69) is 25.1 Å². The van der Waals surface area contributed by atoms with Gasteiger partial charge in [0, 0.05) is 53.8 Å². The van der Waals surface area contributed by atoms with Gasteiger partial charge in [0.15, 0.2) is 5.01 Å². The molecule has 4 heterocycles. The van der Waals surface area contributed by atoms with Gasteiger partial charge in [-0.1, -0.05) is 11.6 Å². The summed E-state index contributed by atoms with van der Waals surface area (Å²) in [6, 6.07) is 7.23. The second kappa shape index (κ2) is 10.3. The number of fused-ring (bicyclic) bond motifs is 1. The number of nitrogens with one attached hydrogen (secondary N) is 2. The van der Waals surface area contributed by atoms with Crippen LogP contribution in [0.25, 0.3) is 16.0 Å². The zero-order valence-corrected chi connectivity index (χ0v) is 20.8. The molecule has 8 nitrogen and oxygen atoms in total. The number of nitrogens with zero attached hydrogens (tertiary/aromatic N) is 4. The van der Waals surface area contributed by atoms with Gasteiger partial charge in [-0.3, -0.25) is 9.78 Å². The highest BCUT2D eigenvalue weighted by atomic mass is 35.5. The molecule has 1 unspecified atom stereocenters. The lowest BCUT2D eigenvalue weighted by Gasteiger charge is -2.18. The van der Waals surface area contributed by atoms with Gasteiger partial charge in [0.2, 0.25) is 0 Å². The van der Waals surface area contributed by atoms with Gasteiger partial charge in [-0.15, -0.1) is 11.3 Å². The molecule has 1 aliphatic carbocycles. The first kappa shape index (κ1) is 23.1. The number of rotatable bonds is 10. The predicted octanol–water partition coefficient (Wildman–Crippen LogP) is 5.24. The van der Waals surface area contributed by atoms with E-state index in [-0.39, 0.29) is 11.9 Å². The molecule has 0 radical (unpaired) electrons. The summed E-state index contributed by atoms with van der Waals surface area (Å²) in [7, 11) is 1.64. The second-order valence-corrected chi connectivity index (χ2v) is 10.5. The number of thiazole rings is 1. The minimum Gasteiger partial charge on any atom is -0.385 e. The first-order chi connectivity index (χ1) is 16.6. The third-order valence-corrected chi connectivity index (χ3v) is 7.79. The summed E-state index contributed by atoms with van der Waals surface area (Å²) < 4.78 is 10.4. The number of ether oxygens (including phenoxy) is 1. The van der Waals surface area contributed by atoms with Crippen LogP contribution in [0.5, 0.6) is 0 Å². The van der Waals surface area contributed by atoms with Crippen molar-refractivity contribution in [2.24, 2.45) is 0 Å². The summed E-state index contributed by atoms with van der Waals surface area (Å²) in [5.41, 5.74) is 3.49. The van der Waals surface area contributed by atoms with Gasteiger partial charge >= 0.3 is 0 Å². The van der Waals surface area contributed by atoms with Gasteiger partial charge in [-0.25, -0.2) is 9.50 Å². The van der Waals surface area contributed by atoms with E-state index in [9.17, 15) is 4.79 Å². The molecular formula is C23H23ClN6O2S2. The first-order valence-electron chi connectivity index (χ1n) is 10.9. The summed E-state index contributed by atoms with van der Waals surface area (Å²) in [4.78, 5) is 22.8. The fourth-order valence-corrected chi connectivity index (χ4v) is 5.24. The van der Waals surface area contributed by atoms with Crippen LogP contribution in [-0.4, -0.2) is 44.5 Å². The Morgan fingerprint density at radius 2 is 2.21 bits per heavy atom. The van der Waals surface area contributed by atoms with E-state index in [1.807, 2.05) is 18.2 Å². The van der Waals surface area contributed by atoms with E-state index in [4.69, 9.17) is 16.3 Å². The van der Waals surface area contributed by atoms with Crippen molar-refractivity contribution < 1.29 is 9.53 Å². The lowest BCUT2D eigenvalue weighted by molar-refractivity contribution is 0.0923. The van der Waals surface area contributed by atoms with Crippen molar-refractivity contribution in [3.8, 4) is 10.4 Å². The fraction of sp³-hybridized carbons (Fsp3) is 0.304. The van der Waals surface area contributed by atoms with Crippen LogP contribution in [0.3, 0.4) is 0 Å². The molecule has 1 saturated carbocycles. The number of aromatic nitrogens is 4. The number of carbonyl (C=O) groups excluding carboxylic acids is 1. The van der Waals surface area contributed by atoms with Crippen LogP contribution in [-0.2, 0) is 4.74 Å². The molecule has 5 rings (SSSR count). The van der Waals surface area contributed by atoms with Gasteiger partial charge < -0.3 is 14.8 Å². The summed E-state index contributed by atoms with van der Waals surface area (Å²) in [5.74, 6) is -0.251. The Balaban J connectivity index is 1.33. The number of carbonyl (C=O) groups is 1. The topological polar surface area (TPSA) is 93.4 Å². The highest BCUT2D eigenvalue weighted by Crippen LogP contribution is 2.35. The average Bonchev–Trinajstić information content (AvgIpc) is 3.38. The molecule has 34 heavy (non-hydrogen) atoms. The van der Waals surface area contributed by atoms with Gasteiger partial charge in [0.05, 0.1) is 28.3 Å². The maximum Gasteiger partial charge on any atom is 0.280 e. The van der Waals surface area contributed by atoms with E-state index in [0.717, 1.165) is 27.3 Å². The van der Waals surface area contributed by atoms with Gasteiger partial charge in [-0.05, 0) is 55.5 Å². The van der Waals surface area contributed by atoms with Crippen LogP contribution in [0.2, 0.25) is 5.02 Å². The number of pyridine rings is 2. The van der Waals surface area contributed by atoms with Crippen molar-refractivity contribution in [1.82, 2.24) is 24.9 Å². The third-order valence-electron chi connectivity index (χ3n) is 5.37. The molecule has 4 aromatic heterocycles. The zero-order valence-electron chi connectivity index (χ0n) is 18.4. The minimum absolute atomic E-state index is 0.251. The lowest BCUT2D eigenvalue weighted by atomic mass is 10.1. The number of methoxy groups -OCH3 is 1. The SMILES string of the molecule is COCCC(NC(=O)c1ncc(-c2cnn3ccc(Cl)cc23)s1)c1cc(NSC2CC2)ccn1. The van der Waals surface area contributed by atoms with Gasteiger partial charge in [-0.2, -0.15) is 5.10 Å². The molecule has 0 bridgehead atoms. The fourth-order valence-electron chi connectivity index (χ4n) is 3.44. The largest absolute Gasteiger partial charge is 0.385 e. The summed E-state index contributed by atoms with van der Waals surface area (Å²) >= 11 is 9.21. The van der Waals surface area contributed by atoms with Gasteiger partial charge in [0.25, 0.3) is 5.91 Å². The van der Waals surface area contributed by atoms with E-state index >= 15 is 0 Å². The first-order valence-corrected chi connectivity index (χ1v) is 12.9. The molecule has 1 amide bonds. The molecule has 1 aliphatic rings. The van der Waals surface area contributed by atoms with Crippen LogP contribution in [0.1, 0.15) is 40.8 Å². The van der Waals surface area contributed by atoms with E-state index < -0.39 is 0 Å². The molecule has 0 aliphatic heterocycles. The standard InChI is InChI=1S/C23H23ClN6O2S2/c1-32-9-6-18(19-11-15(4-7-25-19)29-34-16-2-3-16)28-22(31)23-26-13-21(33-23)17-12-27-30-8-5-14(24)10-20(17)30/h4-5,7-8,10-13,16,18H,2-3,6,9H2,1H3,(H,25,29)(H,28,31). The summed E-state index contributed by atoms with van der Waals surface area (Å²) in [5, 5.41) is 9.12. The van der Waals surface area contributed by atoms with Crippen LogP contribution >= 0.6 is 34.9 Å². The van der Waals surface area contributed by atoms with E-state index in [1.54, 1.807) is 54.4 Å². The number of anilines is 1. The van der Waals surface area contributed by atoms with Crippen LogP contribution < -0.4 is 10.0 Å². The van der Waals surface area contributed by atoms with Gasteiger partial charge in [0.1, 0.15) is 0 Å². The Bertz CT molecular complexity index is 1310.